The lowest BCUT2D eigenvalue weighted by atomic mass is 10.2. The lowest BCUT2D eigenvalue weighted by Crippen LogP contribution is -2.24. The summed E-state index contributed by atoms with van der Waals surface area (Å²) in [5.74, 6) is 0.339. The van der Waals surface area contributed by atoms with Crippen LogP contribution in [0.3, 0.4) is 0 Å². The molecule has 22 heavy (non-hydrogen) atoms. The van der Waals surface area contributed by atoms with Gasteiger partial charge in [-0.3, -0.25) is 4.79 Å². The molecule has 5 nitrogen and oxygen atoms in total. The Morgan fingerprint density at radius 3 is 2.73 bits per heavy atom. The average Bonchev–Trinajstić information content (AvgIpc) is 2.54. The van der Waals surface area contributed by atoms with E-state index in [0.29, 0.717) is 11.5 Å². The van der Waals surface area contributed by atoms with Crippen LogP contribution in [-0.2, 0) is 4.79 Å². The highest BCUT2D eigenvalue weighted by atomic mass is 19.1. The molecule has 2 aromatic rings. The molecule has 0 saturated carbocycles. The van der Waals surface area contributed by atoms with Crippen molar-refractivity contribution in [2.75, 3.05) is 13.7 Å². The summed E-state index contributed by atoms with van der Waals surface area (Å²) in [6.45, 7) is -0.207. The lowest BCUT2D eigenvalue weighted by molar-refractivity contribution is -0.123. The fraction of sp³-hybridized carbons (Fsp3) is 0.125. The minimum absolute atomic E-state index is 0.207. The van der Waals surface area contributed by atoms with Crippen LogP contribution in [0.25, 0.3) is 0 Å². The number of hydrogen-bond donors (Lipinski definition) is 1. The zero-order chi connectivity index (χ0) is 15.8. The summed E-state index contributed by atoms with van der Waals surface area (Å²) >= 11 is 0. The van der Waals surface area contributed by atoms with E-state index in [-0.39, 0.29) is 12.4 Å². The number of hydrazone groups is 1. The molecule has 0 aromatic heterocycles. The van der Waals surface area contributed by atoms with E-state index in [4.69, 9.17) is 9.47 Å². The van der Waals surface area contributed by atoms with Crippen molar-refractivity contribution in [1.29, 1.82) is 0 Å². The molecule has 0 aliphatic carbocycles. The summed E-state index contributed by atoms with van der Waals surface area (Å²) in [5, 5.41) is 3.82. The Balaban J connectivity index is 1.79. The quantitative estimate of drug-likeness (QED) is 0.658. The van der Waals surface area contributed by atoms with E-state index >= 15 is 0 Å². The SMILES string of the molecule is COc1cccc(/C=N/NC(=O)COc2ccc(F)cc2)c1. The van der Waals surface area contributed by atoms with Gasteiger partial charge in [-0.15, -0.1) is 0 Å². The maximum absolute atomic E-state index is 12.7. The number of carbonyl (C=O) groups excluding carboxylic acids is 1. The van der Waals surface area contributed by atoms with Crippen LogP contribution < -0.4 is 14.9 Å². The molecule has 0 unspecified atom stereocenters. The Bertz CT molecular complexity index is 657. The third-order valence-corrected chi connectivity index (χ3v) is 2.68. The molecule has 6 heteroatoms. The molecule has 0 heterocycles. The second-order valence-corrected chi connectivity index (χ2v) is 4.31. The molecule has 0 saturated heterocycles. The molecular weight excluding hydrogens is 287 g/mol. The molecule has 2 rings (SSSR count). The van der Waals surface area contributed by atoms with Gasteiger partial charge in [-0.1, -0.05) is 12.1 Å². The summed E-state index contributed by atoms with van der Waals surface area (Å²) < 4.78 is 23.0. The minimum atomic E-state index is -0.413. The third-order valence-electron chi connectivity index (χ3n) is 2.68. The fourth-order valence-electron chi connectivity index (χ4n) is 1.61. The first-order valence-corrected chi connectivity index (χ1v) is 6.52. The Labute approximate surface area is 127 Å². The van der Waals surface area contributed by atoms with Crippen LogP contribution in [0.4, 0.5) is 4.39 Å². The van der Waals surface area contributed by atoms with Crippen LogP contribution in [0.1, 0.15) is 5.56 Å². The number of ether oxygens (including phenoxy) is 2. The van der Waals surface area contributed by atoms with Gasteiger partial charge in [-0.25, -0.2) is 9.82 Å². The predicted octanol–water partition coefficient (Wildman–Crippen LogP) is 2.36. The summed E-state index contributed by atoms with van der Waals surface area (Å²) in [6.07, 6.45) is 1.50. The maximum atomic E-state index is 12.7. The highest BCUT2D eigenvalue weighted by molar-refractivity contribution is 5.83. The maximum Gasteiger partial charge on any atom is 0.277 e. The predicted molar refractivity (Wildman–Crippen MR) is 80.6 cm³/mol. The number of halogens is 1. The van der Waals surface area contributed by atoms with E-state index in [2.05, 4.69) is 10.5 Å². The highest BCUT2D eigenvalue weighted by Gasteiger charge is 2.01. The molecule has 0 aliphatic heterocycles. The van der Waals surface area contributed by atoms with Crippen molar-refractivity contribution in [3.05, 3.63) is 59.9 Å². The topological polar surface area (TPSA) is 59.9 Å². The van der Waals surface area contributed by atoms with E-state index < -0.39 is 5.91 Å². The van der Waals surface area contributed by atoms with E-state index in [1.165, 1.54) is 30.5 Å². The number of rotatable bonds is 6. The number of methoxy groups -OCH3 is 1. The van der Waals surface area contributed by atoms with Crippen molar-refractivity contribution in [2.45, 2.75) is 0 Å². The standard InChI is InChI=1S/C16H15FN2O3/c1-21-15-4-2-3-12(9-15)10-18-19-16(20)11-22-14-7-5-13(17)6-8-14/h2-10H,11H2,1H3,(H,19,20)/b18-10+. The first-order valence-electron chi connectivity index (χ1n) is 6.52. The molecule has 2 aromatic carbocycles. The normalized spacial score (nSPS) is 10.5. The number of carbonyl (C=O) groups is 1. The molecule has 0 aliphatic rings. The first kappa shape index (κ1) is 15.5. The van der Waals surface area contributed by atoms with Crippen LogP contribution >= 0.6 is 0 Å². The summed E-state index contributed by atoms with van der Waals surface area (Å²) in [5.41, 5.74) is 3.13. The van der Waals surface area contributed by atoms with E-state index in [1.807, 2.05) is 18.2 Å². The largest absolute Gasteiger partial charge is 0.497 e. The van der Waals surface area contributed by atoms with Crippen molar-refractivity contribution in [1.82, 2.24) is 5.43 Å². The second kappa shape index (κ2) is 7.78. The van der Waals surface area contributed by atoms with Gasteiger partial charge in [-0.05, 0) is 42.0 Å². The Kier molecular flexibility index (Phi) is 5.48. The fourth-order valence-corrected chi connectivity index (χ4v) is 1.61. The Hall–Kier alpha value is -2.89. The third kappa shape index (κ3) is 4.90. The van der Waals surface area contributed by atoms with Gasteiger partial charge in [-0.2, -0.15) is 5.10 Å². The Morgan fingerprint density at radius 1 is 1.23 bits per heavy atom. The number of nitrogens with one attached hydrogen (secondary N) is 1. The first-order chi connectivity index (χ1) is 10.7. The molecule has 1 N–H and O–H groups in total. The van der Waals surface area contributed by atoms with Gasteiger partial charge >= 0.3 is 0 Å². The lowest BCUT2D eigenvalue weighted by Gasteiger charge is -2.04. The van der Waals surface area contributed by atoms with Crippen LogP contribution in [0, 0.1) is 5.82 Å². The van der Waals surface area contributed by atoms with Crippen LogP contribution in [0.15, 0.2) is 53.6 Å². The van der Waals surface area contributed by atoms with Gasteiger partial charge in [0.05, 0.1) is 13.3 Å². The van der Waals surface area contributed by atoms with E-state index in [1.54, 1.807) is 13.2 Å². The minimum Gasteiger partial charge on any atom is -0.497 e. The molecule has 0 atom stereocenters. The van der Waals surface area contributed by atoms with Crippen LogP contribution in [-0.4, -0.2) is 25.8 Å². The van der Waals surface area contributed by atoms with Gasteiger partial charge in [0.2, 0.25) is 0 Å². The summed E-state index contributed by atoms with van der Waals surface area (Å²) in [4.78, 5) is 11.5. The van der Waals surface area contributed by atoms with Crippen LogP contribution in [0.5, 0.6) is 11.5 Å². The summed E-state index contributed by atoms with van der Waals surface area (Å²) in [6, 6.07) is 12.6. The van der Waals surface area contributed by atoms with Gasteiger partial charge in [0.15, 0.2) is 6.61 Å². The van der Waals surface area contributed by atoms with Crippen molar-refractivity contribution in [2.24, 2.45) is 5.10 Å². The van der Waals surface area contributed by atoms with Crippen LogP contribution in [0.2, 0.25) is 0 Å². The zero-order valence-electron chi connectivity index (χ0n) is 12.0. The van der Waals surface area contributed by atoms with Crippen molar-refractivity contribution < 1.29 is 18.7 Å². The zero-order valence-corrected chi connectivity index (χ0v) is 12.0. The average molecular weight is 302 g/mol. The highest BCUT2D eigenvalue weighted by Crippen LogP contribution is 2.11. The van der Waals surface area contributed by atoms with E-state index in [0.717, 1.165) is 5.56 Å². The van der Waals surface area contributed by atoms with Crippen molar-refractivity contribution in [3.8, 4) is 11.5 Å². The van der Waals surface area contributed by atoms with E-state index in [9.17, 15) is 9.18 Å². The van der Waals surface area contributed by atoms with Gasteiger partial charge in [0.25, 0.3) is 5.91 Å². The molecule has 0 spiro atoms. The smallest absolute Gasteiger partial charge is 0.277 e. The van der Waals surface area contributed by atoms with Crippen molar-refractivity contribution >= 4 is 12.1 Å². The van der Waals surface area contributed by atoms with Gasteiger partial charge in [0, 0.05) is 0 Å². The molecular formula is C16H15FN2O3. The number of hydrogen-bond acceptors (Lipinski definition) is 4. The van der Waals surface area contributed by atoms with Crippen molar-refractivity contribution in [3.63, 3.8) is 0 Å². The molecule has 114 valence electrons. The van der Waals surface area contributed by atoms with Gasteiger partial charge in [0.1, 0.15) is 17.3 Å². The number of benzene rings is 2. The molecule has 0 bridgehead atoms. The second-order valence-electron chi connectivity index (χ2n) is 4.31. The number of nitrogens with zero attached hydrogens (tertiary/aromatic N) is 1. The monoisotopic (exact) mass is 302 g/mol. The Morgan fingerprint density at radius 2 is 2.00 bits per heavy atom. The number of amides is 1. The molecule has 1 amide bonds. The van der Waals surface area contributed by atoms with Gasteiger partial charge < -0.3 is 9.47 Å². The molecule has 0 radical (unpaired) electrons. The summed E-state index contributed by atoms with van der Waals surface area (Å²) in [7, 11) is 1.57. The molecule has 0 fully saturated rings.